The smallest absolute Gasteiger partial charge is 0.308 e. The number of benzene rings is 2. The predicted molar refractivity (Wildman–Crippen MR) is 92.7 cm³/mol. The summed E-state index contributed by atoms with van der Waals surface area (Å²) in [4.78, 5) is 11.1. The molecule has 2 aromatic carbocycles. The number of phenolic OH excluding ortho intramolecular Hbond substituents is 2. The Morgan fingerprint density at radius 2 is 1.96 bits per heavy atom. The number of hydrogen-bond donors (Lipinski definition) is 3. The maximum absolute atomic E-state index is 11.1. The third kappa shape index (κ3) is 4.99. The van der Waals surface area contributed by atoms with Gasteiger partial charge in [0.15, 0.2) is 0 Å². The maximum atomic E-state index is 11.1. The Labute approximate surface area is 145 Å². The predicted octanol–water partition coefficient (Wildman–Crippen LogP) is 3.17. The Balaban J connectivity index is 2.26. The first-order chi connectivity index (χ1) is 11.9. The number of carbonyl (C=O) groups excluding carboxylic acids is 1. The molecule has 0 fully saturated rings. The summed E-state index contributed by atoms with van der Waals surface area (Å²) in [5, 5.41) is 29.5. The normalized spacial score (nSPS) is 12.1. The molecule has 0 amide bonds. The molecule has 0 radical (unpaired) electrons. The van der Waals surface area contributed by atoms with E-state index in [1.165, 1.54) is 43.3 Å². The fourth-order valence-corrected chi connectivity index (χ4v) is 2.24. The maximum Gasteiger partial charge on any atom is 0.308 e. The van der Waals surface area contributed by atoms with E-state index in [-0.39, 0.29) is 11.5 Å². The van der Waals surface area contributed by atoms with Crippen molar-refractivity contribution in [3.63, 3.8) is 0 Å². The zero-order valence-electron chi connectivity index (χ0n) is 14.0. The van der Waals surface area contributed by atoms with Crippen molar-refractivity contribution >= 4 is 12.0 Å². The lowest BCUT2D eigenvalue weighted by molar-refractivity contribution is -0.131. The number of aliphatic hydroxyl groups excluding tert-OH is 1. The Bertz CT molecular complexity index is 781. The minimum absolute atomic E-state index is 0.0464. The van der Waals surface area contributed by atoms with Crippen molar-refractivity contribution in [2.75, 3.05) is 6.61 Å². The molecule has 2 rings (SSSR count). The molecule has 0 heterocycles. The highest BCUT2D eigenvalue weighted by atomic mass is 16.5. The van der Waals surface area contributed by atoms with E-state index >= 15 is 0 Å². The molecule has 6 nitrogen and oxygen atoms in total. The summed E-state index contributed by atoms with van der Waals surface area (Å²) in [5.41, 5.74) is 0.943. The molecule has 2 aromatic rings. The summed E-state index contributed by atoms with van der Waals surface area (Å²) in [6.07, 6.45) is 2.02. The van der Waals surface area contributed by atoms with Crippen molar-refractivity contribution < 1.29 is 29.6 Å². The van der Waals surface area contributed by atoms with E-state index in [1.807, 2.05) is 0 Å². The van der Waals surface area contributed by atoms with Gasteiger partial charge in [-0.2, -0.15) is 0 Å². The van der Waals surface area contributed by atoms with Crippen LogP contribution in [-0.2, 0) is 4.79 Å². The van der Waals surface area contributed by atoms with E-state index in [1.54, 1.807) is 19.1 Å². The molecular formula is C19H20O6. The molecule has 3 N–H and O–H groups in total. The zero-order chi connectivity index (χ0) is 18.4. The first kappa shape index (κ1) is 18.4. The van der Waals surface area contributed by atoms with Gasteiger partial charge in [0.25, 0.3) is 0 Å². The quantitative estimate of drug-likeness (QED) is 0.550. The molecule has 0 aliphatic rings. The molecule has 0 saturated heterocycles. The highest BCUT2D eigenvalue weighted by Crippen LogP contribution is 2.32. The number of rotatable bonds is 6. The van der Waals surface area contributed by atoms with E-state index in [0.29, 0.717) is 29.2 Å². The van der Waals surface area contributed by atoms with Gasteiger partial charge in [0.2, 0.25) is 0 Å². The Hall–Kier alpha value is -2.99. The molecule has 6 heteroatoms. The molecular weight excluding hydrogens is 324 g/mol. The summed E-state index contributed by atoms with van der Waals surface area (Å²) in [6, 6.07) is 8.89. The van der Waals surface area contributed by atoms with Gasteiger partial charge in [0, 0.05) is 30.2 Å². The molecule has 1 unspecified atom stereocenters. The average Bonchev–Trinajstić information content (AvgIpc) is 2.54. The monoisotopic (exact) mass is 344 g/mol. The van der Waals surface area contributed by atoms with Crippen molar-refractivity contribution in [1.82, 2.24) is 0 Å². The van der Waals surface area contributed by atoms with Gasteiger partial charge in [-0.15, -0.1) is 0 Å². The Morgan fingerprint density at radius 1 is 1.20 bits per heavy atom. The lowest BCUT2D eigenvalue weighted by atomic mass is 10.1. The highest BCUT2D eigenvalue weighted by molar-refractivity contribution is 5.69. The van der Waals surface area contributed by atoms with Crippen molar-refractivity contribution in [3.05, 3.63) is 53.6 Å². The van der Waals surface area contributed by atoms with Gasteiger partial charge < -0.3 is 24.8 Å². The van der Waals surface area contributed by atoms with Crippen molar-refractivity contribution in [2.24, 2.45) is 0 Å². The van der Waals surface area contributed by atoms with Crippen LogP contribution in [0.4, 0.5) is 0 Å². The number of hydrogen-bond acceptors (Lipinski definition) is 6. The first-order valence-corrected chi connectivity index (χ1v) is 7.74. The second-order valence-electron chi connectivity index (χ2n) is 5.27. The minimum atomic E-state index is -0.999. The fraction of sp³-hybridized carbons (Fsp3) is 0.211. The lowest BCUT2D eigenvalue weighted by Crippen LogP contribution is -2.04. The van der Waals surface area contributed by atoms with Crippen LogP contribution >= 0.6 is 0 Å². The van der Waals surface area contributed by atoms with Crippen LogP contribution < -0.4 is 9.47 Å². The highest BCUT2D eigenvalue weighted by Gasteiger charge is 2.13. The van der Waals surface area contributed by atoms with Crippen LogP contribution in [0, 0.1) is 0 Å². The van der Waals surface area contributed by atoms with Gasteiger partial charge in [-0.05, 0) is 31.2 Å². The molecule has 25 heavy (non-hydrogen) atoms. The number of aliphatic hydroxyl groups is 1. The molecule has 0 saturated carbocycles. The van der Waals surface area contributed by atoms with E-state index in [2.05, 4.69) is 0 Å². The van der Waals surface area contributed by atoms with E-state index in [4.69, 9.17) is 9.47 Å². The van der Waals surface area contributed by atoms with Gasteiger partial charge in [0.1, 0.15) is 29.1 Å². The van der Waals surface area contributed by atoms with Crippen LogP contribution in [0.15, 0.2) is 42.5 Å². The number of ether oxygens (including phenoxy) is 2. The molecule has 132 valence electrons. The lowest BCUT2D eigenvalue weighted by Gasteiger charge is -2.14. The van der Waals surface area contributed by atoms with Crippen molar-refractivity contribution in [2.45, 2.75) is 20.0 Å². The second-order valence-corrected chi connectivity index (χ2v) is 5.27. The van der Waals surface area contributed by atoms with Gasteiger partial charge in [-0.25, -0.2) is 0 Å². The van der Waals surface area contributed by atoms with Crippen LogP contribution in [0.25, 0.3) is 6.08 Å². The van der Waals surface area contributed by atoms with Crippen LogP contribution in [0.1, 0.15) is 31.1 Å². The summed E-state index contributed by atoms with van der Waals surface area (Å²) < 4.78 is 10.5. The summed E-state index contributed by atoms with van der Waals surface area (Å²) >= 11 is 0. The van der Waals surface area contributed by atoms with Gasteiger partial charge in [-0.3, -0.25) is 4.79 Å². The molecule has 0 spiro atoms. The largest absolute Gasteiger partial charge is 0.508 e. The molecule has 0 aromatic heterocycles. The molecule has 0 aliphatic carbocycles. The van der Waals surface area contributed by atoms with Crippen molar-refractivity contribution in [1.29, 1.82) is 0 Å². The summed E-state index contributed by atoms with van der Waals surface area (Å²) in [6.45, 7) is 3.49. The van der Waals surface area contributed by atoms with Crippen LogP contribution in [0.3, 0.4) is 0 Å². The molecule has 1 atom stereocenters. The Morgan fingerprint density at radius 3 is 2.60 bits per heavy atom. The first-order valence-electron chi connectivity index (χ1n) is 7.74. The van der Waals surface area contributed by atoms with E-state index < -0.39 is 12.1 Å². The average molecular weight is 344 g/mol. The number of esters is 1. The molecule has 0 bridgehead atoms. The van der Waals surface area contributed by atoms with Gasteiger partial charge in [-0.1, -0.05) is 12.2 Å². The number of phenols is 2. The van der Waals surface area contributed by atoms with Crippen LogP contribution in [0.5, 0.6) is 23.0 Å². The van der Waals surface area contributed by atoms with E-state index in [9.17, 15) is 20.1 Å². The second kappa shape index (κ2) is 8.21. The third-order valence-electron chi connectivity index (χ3n) is 3.34. The summed E-state index contributed by atoms with van der Waals surface area (Å²) in [5.74, 6) is 0.132. The van der Waals surface area contributed by atoms with Crippen LogP contribution in [-0.4, -0.2) is 27.9 Å². The standard InChI is InChI=1S/C19H20O6/c1-3-24-19-11-15(25-12(2)20)7-8-16(19)17(22)9-5-13-4-6-14(21)10-18(13)23/h4-11,17,21-23H,3H2,1-2H3. The van der Waals surface area contributed by atoms with Gasteiger partial charge in [0.05, 0.1) is 6.61 Å². The third-order valence-corrected chi connectivity index (χ3v) is 3.34. The van der Waals surface area contributed by atoms with Gasteiger partial charge >= 0.3 is 5.97 Å². The Kier molecular flexibility index (Phi) is 6.03. The number of aromatic hydroxyl groups is 2. The fourth-order valence-electron chi connectivity index (χ4n) is 2.24. The zero-order valence-corrected chi connectivity index (χ0v) is 14.0. The number of carbonyl (C=O) groups is 1. The van der Waals surface area contributed by atoms with Crippen molar-refractivity contribution in [3.8, 4) is 23.0 Å². The van der Waals surface area contributed by atoms with Crippen LogP contribution in [0.2, 0.25) is 0 Å². The minimum Gasteiger partial charge on any atom is -0.508 e. The molecule has 0 aliphatic heterocycles. The SMILES string of the molecule is CCOc1cc(OC(C)=O)ccc1C(O)C=Cc1ccc(O)cc1O. The van der Waals surface area contributed by atoms with E-state index in [0.717, 1.165) is 0 Å². The topological polar surface area (TPSA) is 96.2 Å². The summed E-state index contributed by atoms with van der Waals surface area (Å²) in [7, 11) is 0.